The van der Waals surface area contributed by atoms with Crippen molar-refractivity contribution in [3.63, 3.8) is 0 Å². The number of methoxy groups -OCH3 is 1. The number of anilines is 3. The van der Waals surface area contributed by atoms with E-state index in [2.05, 4.69) is 30.5 Å². The summed E-state index contributed by atoms with van der Waals surface area (Å²) in [6.45, 7) is 1.37. The molecule has 2 aromatic rings. The van der Waals surface area contributed by atoms with Gasteiger partial charge in [0, 0.05) is 25.6 Å². The van der Waals surface area contributed by atoms with Gasteiger partial charge >= 0.3 is 6.03 Å². The van der Waals surface area contributed by atoms with Crippen LogP contribution in [0, 0.1) is 0 Å². The van der Waals surface area contributed by atoms with Crippen LogP contribution in [0.1, 0.15) is 23.3 Å². The first-order chi connectivity index (χ1) is 14.9. The second-order valence-electron chi connectivity index (χ2n) is 7.66. The lowest BCUT2D eigenvalue weighted by Crippen LogP contribution is -2.48. The van der Waals surface area contributed by atoms with Gasteiger partial charge in [-0.2, -0.15) is 0 Å². The molecule has 5 rings (SSSR count). The minimum Gasteiger partial charge on any atom is -0.481 e. The van der Waals surface area contributed by atoms with Gasteiger partial charge in [-0.3, -0.25) is 15.0 Å². The van der Waals surface area contributed by atoms with Crippen molar-refractivity contribution in [3.05, 3.63) is 30.2 Å². The van der Waals surface area contributed by atoms with Crippen LogP contribution in [0.15, 0.2) is 24.5 Å². The van der Waals surface area contributed by atoms with Crippen molar-refractivity contribution in [2.24, 2.45) is 0 Å². The van der Waals surface area contributed by atoms with Gasteiger partial charge in [0.15, 0.2) is 5.82 Å². The van der Waals surface area contributed by atoms with Crippen LogP contribution in [0.4, 0.5) is 30.9 Å². The zero-order valence-electron chi connectivity index (χ0n) is 16.5. The number of urea groups is 1. The summed E-state index contributed by atoms with van der Waals surface area (Å²) in [7, 11) is 1.45. The fourth-order valence-corrected chi connectivity index (χ4v) is 3.89. The van der Waals surface area contributed by atoms with Crippen molar-refractivity contribution in [2.45, 2.75) is 30.8 Å². The Kier molecular flexibility index (Phi) is 4.38. The largest absolute Gasteiger partial charge is 0.481 e. The van der Waals surface area contributed by atoms with E-state index >= 15 is 0 Å². The number of carbonyl (C=O) groups is 2. The molecule has 162 valence electrons. The Morgan fingerprint density at radius 3 is 2.84 bits per heavy atom. The summed E-state index contributed by atoms with van der Waals surface area (Å²) in [5, 5.41) is 5.00. The van der Waals surface area contributed by atoms with E-state index in [1.54, 1.807) is 6.07 Å². The number of alkyl halides is 2. The van der Waals surface area contributed by atoms with Crippen LogP contribution in [0.25, 0.3) is 0 Å². The van der Waals surface area contributed by atoms with E-state index in [0.29, 0.717) is 23.9 Å². The summed E-state index contributed by atoms with van der Waals surface area (Å²) in [6, 6.07) is 2.87. The third-order valence-electron chi connectivity index (χ3n) is 5.62. The topological polar surface area (TPSA) is 113 Å². The van der Waals surface area contributed by atoms with Crippen molar-refractivity contribution in [1.82, 2.24) is 20.3 Å². The second-order valence-corrected chi connectivity index (χ2v) is 7.66. The molecule has 2 N–H and O–H groups in total. The van der Waals surface area contributed by atoms with Gasteiger partial charge in [-0.15, -0.1) is 0 Å². The van der Waals surface area contributed by atoms with Gasteiger partial charge in [0.1, 0.15) is 17.8 Å². The molecule has 1 unspecified atom stereocenters. The maximum atomic E-state index is 13.2. The number of pyridine rings is 1. The standard InChI is InChI=1S/C19H19F2N7O3/c1-31-15-6-14(22-9-23-15)26-18(30)28-10-4-5-27(8-10)12-3-2-11(24-16(12)28)17(29)25-13-7-19(13,20)21/h2-3,6,9-10,13H,4-5,7-8H2,1H3,(H,25,29)(H,22,23,26,30)/t10-,13?/m0/s1. The molecule has 3 amide bonds. The fraction of sp³-hybridized carbons (Fsp3) is 0.421. The molecule has 31 heavy (non-hydrogen) atoms. The third-order valence-corrected chi connectivity index (χ3v) is 5.62. The SMILES string of the molecule is COc1cc(NC(=O)N2c3nc(C(=O)NC4CC4(F)F)ccc3N3CC[C@H]2C3)ncn1. The van der Waals surface area contributed by atoms with E-state index in [0.717, 1.165) is 13.0 Å². The number of carbonyl (C=O) groups excluding carboxylic acids is 2. The van der Waals surface area contributed by atoms with Gasteiger partial charge in [-0.25, -0.2) is 28.5 Å². The smallest absolute Gasteiger partial charge is 0.329 e. The lowest BCUT2D eigenvalue weighted by molar-refractivity contribution is 0.0845. The monoisotopic (exact) mass is 431 g/mol. The molecule has 0 radical (unpaired) electrons. The van der Waals surface area contributed by atoms with E-state index in [9.17, 15) is 18.4 Å². The fourth-order valence-electron chi connectivity index (χ4n) is 3.89. The van der Waals surface area contributed by atoms with Gasteiger partial charge < -0.3 is 15.0 Å². The van der Waals surface area contributed by atoms with Crippen LogP contribution in [-0.2, 0) is 0 Å². The van der Waals surface area contributed by atoms with Crippen molar-refractivity contribution < 1.29 is 23.1 Å². The number of fused-ring (bicyclic) bond motifs is 4. The third kappa shape index (κ3) is 3.47. The molecule has 3 aliphatic rings. The summed E-state index contributed by atoms with van der Waals surface area (Å²) in [4.78, 5) is 41.4. The van der Waals surface area contributed by atoms with E-state index in [4.69, 9.17) is 4.74 Å². The molecular formula is C19H19F2N7O3. The average Bonchev–Trinajstić information content (AvgIpc) is 3.15. The Labute approximate surface area is 175 Å². The van der Waals surface area contributed by atoms with E-state index in [1.165, 1.54) is 30.5 Å². The maximum absolute atomic E-state index is 13.2. The Balaban J connectivity index is 1.42. The number of hydrogen-bond donors (Lipinski definition) is 2. The molecule has 4 heterocycles. The first kappa shape index (κ1) is 19.4. The summed E-state index contributed by atoms with van der Waals surface area (Å²) < 4.78 is 31.4. The number of aromatic nitrogens is 3. The highest BCUT2D eigenvalue weighted by Gasteiger charge is 2.58. The number of hydrogen-bond acceptors (Lipinski definition) is 7. The predicted octanol–water partition coefficient (Wildman–Crippen LogP) is 1.65. The molecule has 1 saturated heterocycles. The Bertz CT molecular complexity index is 1070. The molecule has 1 saturated carbocycles. The number of amides is 3. The molecule has 2 atom stereocenters. The minimum absolute atomic E-state index is 0.0227. The van der Waals surface area contributed by atoms with Crippen LogP contribution in [0.5, 0.6) is 5.88 Å². The van der Waals surface area contributed by atoms with Crippen LogP contribution in [-0.4, -0.2) is 65.1 Å². The van der Waals surface area contributed by atoms with Gasteiger partial charge in [-0.1, -0.05) is 0 Å². The Morgan fingerprint density at radius 2 is 2.10 bits per heavy atom. The number of halogens is 2. The van der Waals surface area contributed by atoms with Crippen molar-refractivity contribution in [3.8, 4) is 5.88 Å². The molecule has 2 fully saturated rings. The van der Waals surface area contributed by atoms with Crippen molar-refractivity contribution in [2.75, 3.05) is 35.3 Å². The minimum atomic E-state index is -2.88. The summed E-state index contributed by atoms with van der Waals surface area (Å²) >= 11 is 0. The molecule has 12 heteroatoms. The molecule has 10 nitrogen and oxygen atoms in total. The van der Waals surface area contributed by atoms with Crippen LogP contribution in [0.3, 0.4) is 0 Å². The summed E-state index contributed by atoms with van der Waals surface area (Å²) in [5.74, 6) is -2.71. The molecule has 2 bridgehead atoms. The number of rotatable bonds is 4. The van der Waals surface area contributed by atoms with E-state index < -0.39 is 23.9 Å². The highest BCUT2D eigenvalue weighted by Crippen LogP contribution is 2.42. The Morgan fingerprint density at radius 1 is 1.29 bits per heavy atom. The molecular weight excluding hydrogens is 412 g/mol. The van der Waals surface area contributed by atoms with E-state index in [-0.39, 0.29) is 24.0 Å². The molecule has 2 aromatic heterocycles. The van der Waals surface area contributed by atoms with Gasteiger partial charge in [0.05, 0.1) is 24.9 Å². The number of nitrogens with one attached hydrogen (secondary N) is 2. The number of nitrogens with zero attached hydrogens (tertiary/aromatic N) is 5. The average molecular weight is 431 g/mol. The second kappa shape index (κ2) is 7.00. The van der Waals surface area contributed by atoms with Crippen LogP contribution >= 0.6 is 0 Å². The van der Waals surface area contributed by atoms with Gasteiger partial charge in [0.25, 0.3) is 11.8 Å². The van der Waals surface area contributed by atoms with Crippen LogP contribution < -0.4 is 25.2 Å². The molecule has 0 aromatic carbocycles. The first-order valence-electron chi connectivity index (χ1n) is 9.76. The number of ether oxygens (including phenoxy) is 1. The van der Waals surface area contributed by atoms with Crippen LogP contribution in [0.2, 0.25) is 0 Å². The predicted molar refractivity (Wildman–Crippen MR) is 106 cm³/mol. The first-order valence-corrected chi connectivity index (χ1v) is 9.76. The lowest BCUT2D eigenvalue weighted by Gasteiger charge is -2.35. The molecule has 2 aliphatic heterocycles. The molecule has 1 aliphatic carbocycles. The highest BCUT2D eigenvalue weighted by atomic mass is 19.3. The molecule has 0 spiro atoms. The normalized spacial score (nSPS) is 22.5. The van der Waals surface area contributed by atoms with Gasteiger partial charge in [0.2, 0.25) is 5.88 Å². The summed E-state index contributed by atoms with van der Waals surface area (Å²) in [6.07, 6.45) is 1.62. The summed E-state index contributed by atoms with van der Waals surface area (Å²) in [5.41, 5.74) is 0.683. The zero-order valence-corrected chi connectivity index (χ0v) is 16.5. The quantitative estimate of drug-likeness (QED) is 0.757. The van der Waals surface area contributed by atoms with Crippen molar-refractivity contribution in [1.29, 1.82) is 0 Å². The Hall–Kier alpha value is -3.57. The maximum Gasteiger partial charge on any atom is 0.329 e. The zero-order chi connectivity index (χ0) is 21.8. The van der Waals surface area contributed by atoms with Crippen molar-refractivity contribution >= 4 is 29.3 Å². The van der Waals surface area contributed by atoms with E-state index in [1.807, 2.05) is 0 Å². The lowest BCUT2D eigenvalue weighted by atomic mass is 10.1. The highest BCUT2D eigenvalue weighted by molar-refractivity contribution is 6.05. The van der Waals surface area contributed by atoms with Gasteiger partial charge in [-0.05, 0) is 18.6 Å².